The van der Waals surface area contributed by atoms with Crippen molar-refractivity contribution in [2.45, 2.75) is 44.0 Å². The summed E-state index contributed by atoms with van der Waals surface area (Å²) in [6.07, 6.45) is 2.13. The van der Waals surface area contributed by atoms with Crippen molar-refractivity contribution in [3.63, 3.8) is 0 Å². The number of nitrogens with two attached hydrogens (primary N) is 1. The first-order valence-corrected chi connectivity index (χ1v) is 10.2. The van der Waals surface area contributed by atoms with Crippen LogP contribution in [0.3, 0.4) is 0 Å². The first-order chi connectivity index (χ1) is 12.2. The maximum atomic E-state index is 12.5. The Morgan fingerprint density at radius 1 is 1.04 bits per heavy atom. The molecule has 0 bridgehead atoms. The van der Waals surface area contributed by atoms with Crippen molar-refractivity contribution in [3.8, 4) is 0 Å². The molecular formula is C20H26N2O3S. The Morgan fingerprint density at radius 3 is 2.08 bits per heavy atom. The van der Waals surface area contributed by atoms with E-state index in [1.165, 1.54) is 17.7 Å². The van der Waals surface area contributed by atoms with Crippen LogP contribution in [0.5, 0.6) is 0 Å². The zero-order valence-electron chi connectivity index (χ0n) is 15.5. The molecule has 2 rings (SSSR count). The number of hydrogen-bond donors (Lipinski definition) is 1. The molecular weight excluding hydrogens is 348 g/mol. The van der Waals surface area contributed by atoms with Gasteiger partial charge < -0.3 is 4.90 Å². The molecule has 0 heterocycles. The summed E-state index contributed by atoms with van der Waals surface area (Å²) in [5, 5.41) is 5.11. The van der Waals surface area contributed by atoms with Gasteiger partial charge in [0, 0.05) is 13.5 Å². The molecule has 0 aliphatic heterocycles. The maximum absolute atomic E-state index is 12.5. The summed E-state index contributed by atoms with van der Waals surface area (Å²) in [4.78, 5) is 14.2. The van der Waals surface area contributed by atoms with Crippen molar-refractivity contribution in [3.05, 3.63) is 65.2 Å². The van der Waals surface area contributed by atoms with Gasteiger partial charge in [0.15, 0.2) is 0 Å². The van der Waals surface area contributed by atoms with Gasteiger partial charge in [0.25, 0.3) is 0 Å². The van der Waals surface area contributed by atoms with E-state index < -0.39 is 10.0 Å². The number of hydrogen-bond acceptors (Lipinski definition) is 3. The van der Waals surface area contributed by atoms with Crippen LogP contribution in [0.1, 0.15) is 43.0 Å². The van der Waals surface area contributed by atoms with Crippen LogP contribution in [0.15, 0.2) is 53.4 Å². The molecule has 26 heavy (non-hydrogen) atoms. The molecule has 1 atom stereocenters. The van der Waals surface area contributed by atoms with E-state index in [9.17, 15) is 13.2 Å². The number of benzene rings is 2. The van der Waals surface area contributed by atoms with Crippen LogP contribution in [0.2, 0.25) is 0 Å². The van der Waals surface area contributed by atoms with Gasteiger partial charge in [0.1, 0.15) is 0 Å². The summed E-state index contributed by atoms with van der Waals surface area (Å²) in [7, 11) is -1.94. The van der Waals surface area contributed by atoms with Crippen molar-refractivity contribution >= 4 is 15.9 Å². The largest absolute Gasteiger partial charge is 0.339 e. The van der Waals surface area contributed by atoms with E-state index in [1.54, 1.807) is 24.1 Å². The number of carbonyl (C=O) groups is 1. The predicted molar refractivity (Wildman–Crippen MR) is 103 cm³/mol. The minimum Gasteiger partial charge on any atom is -0.339 e. The van der Waals surface area contributed by atoms with Crippen LogP contribution in [-0.4, -0.2) is 26.3 Å². The fourth-order valence-electron chi connectivity index (χ4n) is 2.74. The van der Waals surface area contributed by atoms with E-state index in [0.717, 1.165) is 17.5 Å². The lowest BCUT2D eigenvalue weighted by molar-refractivity contribution is -0.131. The first-order valence-electron chi connectivity index (χ1n) is 8.68. The Morgan fingerprint density at radius 2 is 1.58 bits per heavy atom. The standard InChI is InChI=1S/C20H26N2O3S/c1-4-16-5-7-17(8-6-16)9-14-20(23)22(3)15(2)18-10-12-19(13-11-18)26(21,24)25/h5-8,10-13,15H,4,9,14H2,1-3H3,(H2,21,24,25). The van der Waals surface area contributed by atoms with Crippen LogP contribution >= 0.6 is 0 Å². The van der Waals surface area contributed by atoms with Gasteiger partial charge in [-0.1, -0.05) is 43.3 Å². The van der Waals surface area contributed by atoms with E-state index in [0.29, 0.717) is 12.8 Å². The van der Waals surface area contributed by atoms with Gasteiger partial charge in [-0.05, 0) is 48.6 Å². The van der Waals surface area contributed by atoms with Crippen molar-refractivity contribution in [2.24, 2.45) is 5.14 Å². The van der Waals surface area contributed by atoms with Crippen LogP contribution in [0.4, 0.5) is 0 Å². The second-order valence-electron chi connectivity index (χ2n) is 6.46. The van der Waals surface area contributed by atoms with E-state index in [1.807, 2.05) is 6.92 Å². The van der Waals surface area contributed by atoms with E-state index in [4.69, 9.17) is 5.14 Å². The number of aryl methyl sites for hydroxylation is 2. The lowest BCUT2D eigenvalue weighted by atomic mass is 10.0. The fraction of sp³-hybridized carbons (Fsp3) is 0.350. The van der Waals surface area contributed by atoms with Gasteiger partial charge >= 0.3 is 0 Å². The summed E-state index contributed by atoms with van der Waals surface area (Å²) < 4.78 is 22.7. The highest BCUT2D eigenvalue weighted by Crippen LogP contribution is 2.21. The van der Waals surface area contributed by atoms with Gasteiger partial charge in [0.2, 0.25) is 15.9 Å². The van der Waals surface area contributed by atoms with E-state index >= 15 is 0 Å². The summed E-state index contributed by atoms with van der Waals surface area (Å²) in [6, 6.07) is 14.5. The molecule has 0 saturated heterocycles. The summed E-state index contributed by atoms with van der Waals surface area (Å²) >= 11 is 0. The average Bonchev–Trinajstić information content (AvgIpc) is 2.64. The molecule has 0 spiro atoms. The zero-order chi connectivity index (χ0) is 19.3. The average molecular weight is 375 g/mol. The molecule has 2 aromatic carbocycles. The molecule has 0 aromatic heterocycles. The van der Waals surface area contributed by atoms with Crippen LogP contribution in [-0.2, 0) is 27.7 Å². The van der Waals surface area contributed by atoms with Gasteiger partial charge in [-0.3, -0.25) is 4.79 Å². The lowest BCUT2D eigenvalue weighted by Gasteiger charge is -2.25. The minimum atomic E-state index is -3.71. The molecule has 5 nitrogen and oxygen atoms in total. The number of rotatable bonds is 7. The van der Waals surface area contributed by atoms with Gasteiger partial charge in [-0.25, -0.2) is 13.6 Å². The van der Waals surface area contributed by atoms with E-state index in [-0.39, 0.29) is 16.8 Å². The van der Waals surface area contributed by atoms with E-state index in [2.05, 4.69) is 31.2 Å². The van der Waals surface area contributed by atoms with Gasteiger partial charge in [-0.2, -0.15) is 0 Å². The third-order valence-electron chi connectivity index (χ3n) is 4.72. The molecule has 0 aliphatic carbocycles. The molecule has 1 amide bonds. The Kier molecular flexibility index (Phi) is 6.56. The SMILES string of the molecule is CCc1ccc(CCC(=O)N(C)C(C)c2ccc(S(N)(=O)=O)cc2)cc1. The van der Waals surface area contributed by atoms with Crippen molar-refractivity contribution in [1.82, 2.24) is 4.90 Å². The summed E-state index contributed by atoms with van der Waals surface area (Å²) in [6.45, 7) is 4.03. The smallest absolute Gasteiger partial charge is 0.238 e. The molecule has 0 fully saturated rings. The Bertz CT molecular complexity index is 844. The fourth-order valence-corrected chi connectivity index (χ4v) is 3.26. The molecule has 6 heteroatoms. The van der Waals surface area contributed by atoms with Crippen molar-refractivity contribution in [2.75, 3.05) is 7.05 Å². The Hall–Kier alpha value is -2.18. The molecule has 0 saturated carbocycles. The molecule has 0 aliphatic rings. The third-order valence-corrected chi connectivity index (χ3v) is 5.65. The summed E-state index contributed by atoms with van der Waals surface area (Å²) in [5.74, 6) is 0.0487. The molecule has 2 N–H and O–H groups in total. The van der Waals surface area contributed by atoms with Crippen molar-refractivity contribution < 1.29 is 13.2 Å². The number of carbonyl (C=O) groups excluding carboxylic acids is 1. The third kappa shape index (κ3) is 5.16. The molecule has 1 unspecified atom stereocenters. The number of nitrogens with zero attached hydrogens (tertiary/aromatic N) is 1. The quantitative estimate of drug-likeness (QED) is 0.809. The van der Waals surface area contributed by atoms with Crippen LogP contribution in [0, 0.1) is 0 Å². The highest BCUT2D eigenvalue weighted by atomic mass is 32.2. The number of sulfonamides is 1. The maximum Gasteiger partial charge on any atom is 0.238 e. The minimum absolute atomic E-state index is 0.0487. The second-order valence-corrected chi connectivity index (χ2v) is 8.03. The Balaban J connectivity index is 1.97. The van der Waals surface area contributed by atoms with Crippen LogP contribution < -0.4 is 5.14 Å². The normalized spacial score (nSPS) is 12.6. The summed E-state index contributed by atoms with van der Waals surface area (Å²) in [5.41, 5.74) is 3.29. The van der Waals surface area contributed by atoms with Gasteiger partial charge in [-0.15, -0.1) is 0 Å². The lowest BCUT2D eigenvalue weighted by Crippen LogP contribution is -2.29. The van der Waals surface area contributed by atoms with Crippen LogP contribution in [0.25, 0.3) is 0 Å². The monoisotopic (exact) mass is 374 g/mol. The highest BCUT2D eigenvalue weighted by Gasteiger charge is 2.18. The highest BCUT2D eigenvalue weighted by molar-refractivity contribution is 7.89. The predicted octanol–water partition coefficient (Wildman–Crippen LogP) is 3.05. The zero-order valence-corrected chi connectivity index (χ0v) is 16.3. The Labute approximate surface area is 155 Å². The van der Waals surface area contributed by atoms with Crippen molar-refractivity contribution in [1.29, 1.82) is 0 Å². The topological polar surface area (TPSA) is 80.5 Å². The second kappa shape index (κ2) is 8.47. The first kappa shape index (κ1) is 20.1. The number of amides is 1. The number of primary sulfonamides is 1. The molecule has 2 aromatic rings. The molecule has 140 valence electrons. The van der Waals surface area contributed by atoms with Gasteiger partial charge in [0.05, 0.1) is 10.9 Å². The molecule has 0 radical (unpaired) electrons.